The predicted octanol–water partition coefficient (Wildman–Crippen LogP) is 2.30. The molecular formula is C17H20N2O4S. The topological polar surface area (TPSA) is 90.6 Å². The molecule has 3 N–H and O–H groups in total. The van der Waals surface area contributed by atoms with Crippen molar-refractivity contribution in [2.24, 2.45) is 11.7 Å². The van der Waals surface area contributed by atoms with E-state index in [1.165, 1.54) is 18.4 Å². The van der Waals surface area contributed by atoms with E-state index in [1.54, 1.807) is 12.1 Å². The zero-order valence-electron chi connectivity index (χ0n) is 13.6. The summed E-state index contributed by atoms with van der Waals surface area (Å²) in [4.78, 5) is 23.1. The summed E-state index contributed by atoms with van der Waals surface area (Å²) in [6.07, 6.45) is 1.50. The third kappa shape index (κ3) is 3.03. The number of benzene rings is 1. The van der Waals surface area contributed by atoms with E-state index in [1.807, 2.05) is 5.38 Å². The fraction of sp³-hybridized carbons (Fsp3) is 0.412. The minimum Gasteiger partial charge on any atom is -0.496 e. The monoisotopic (exact) mass is 348 g/mol. The molecule has 2 amide bonds. The van der Waals surface area contributed by atoms with Crippen LogP contribution in [0.4, 0.5) is 0 Å². The van der Waals surface area contributed by atoms with Gasteiger partial charge in [0.1, 0.15) is 18.1 Å². The number of nitrogens with two attached hydrogens (primary N) is 1. The summed E-state index contributed by atoms with van der Waals surface area (Å²) < 4.78 is 12.1. The molecule has 1 saturated heterocycles. The van der Waals surface area contributed by atoms with Crippen LogP contribution in [0.1, 0.15) is 30.1 Å². The van der Waals surface area contributed by atoms with Gasteiger partial charge in [0.25, 0.3) is 5.91 Å². The molecule has 0 spiro atoms. The zero-order chi connectivity index (χ0) is 17.3. The van der Waals surface area contributed by atoms with Gasteiger partial charge in [-0.05, 0) is 18.1 Å². The highest BCUT2D eigenvalue weighted by atomic mass is 32.1. The van der Waals surface area contributed by atoms with Crippen LogP contribution in [0.2, 0.25) is 0 Å². The third-order valence-corrected chi connectivity index (χ3v) is 5.35. The molecule has 0 unspecified atom stereocenters. The molecule has 128 valence electrons. The predicted molar refractivity (Wildman–Crippen MR) is 92.7 cm³/mol. The van der Waals surface area contributed by atoms with Gasteiger partial charge >= 0.3 is 0 Å². The van der Waals surface area contributed by atoms with Gasteiger partial charge in [0.05, 0.1) is 18.7 Å². The molecule has 0 radical (unpaired) electrons. The van der Waals surface area contributed by atoms with E-state index >= 15 is 0 Å². The van der Waals surface area contributed by atoms with Crippen LogP contribution >= 0.6 is 11.3 Å². The minimum atomic E-state index is -0.524. The molecule has 1 fully saturated rings. The smallest absolute Gasteiger partial charge is 0.252 e. The molecule has 2 aromatic rings. The molecule has 3 rings (SSSR count). The van der Waals surface area contributed by atoms with Crippen LogP contribution in [0.15, 0.2) is 17.5 Å². The first-order valence-corrected chi connectivity index (χ1v) is 8.72. The highest BCUT2D eigenvalue weighted by molar-refractivity contribution is 7.17. The summed E-state index contributed by atoms with van der Waals surface area (Å²) in [6, 6.07) is 3.52. The summed E-state index contributed by atoms with van der Waals surface area (Å²) in [5.74, 6) is 1.01. The standard InChI is InChI=1S/C17H20N2O4S/c1-3-9-4-16(20)19-12(9)7-23-14-8-24-15-6-11(17(18)21)13(22-2)5-10(14)15/h5-6,8-9,12H,3-4,7H2,1-2H3,(H2,18,21)(H,19,20)/t9-,12-/m1/s1. The number of primary amides is 1. The highest BCUT2D eigenvalue weighted by Gasteiger charge is 2.31. The molecule has 24 heavy (non-hydrogen) atoms. The Morgan fingerprint density at radius 1 is 1.42 bits per heavy atom. The molecule has 0 bridgehead atoms. The lowest BCUT2D eigenvalue weighted by Crippen LogP contribution is -2.34. The maximum absolute atomic E-state index is 11.6. The number of methoxy groups -OCH3 is 1. The highest BCUT2D eigenvalue weighted by Crippen LogP contribution is 2.37. The average Bonchev–Trinajstić information content (AvgIpc) is 3.13. The number of hydrogen-bond acceptors (Lipinski definition) is 5. The lowest BCUT2D eigenvalue weighted by molar-refractivity contribution is -0.119. The van der Waals surface area contributed by atoms with E-state index < -0.39 is 5.91 Å². The normalized spacial score (nSPS) is 20.2. The van der Waals surface area contributed by atoms with E-state index in [0.29, 0.717) is 30.3 Å². The lowest BCUT2D eigenvalue weighted by atomic mass is 9.98. The van der Waals surface area contributed by atoms with Gasteiger partial charge in [-0.2, -0.15) is 0 Å². The number of thiophene rings is 1. The van der Waals surface area contributed by atoms with Gasteiger partial charge in [-0.1, -0.05) is 13.3 Å². The van der Waals surface area contributed by atoms with Crippen LogP contribution in [-0.2, 0) is 4.79 Å². The Morgan fingerprint density at radius 3 is 2.88 bits per heavy atom. The maximum atomic E-state index is 11.6. The number of carbonyl (C=O) groups excluding carboxylic acids is 2. The second-order valence-corrected chi connectivity index (χ2v) is 6.78. The molecule has 1 aromatic carbocycles. The first kappa shape index (κ1) is 16.6. The van der Waals surface area contributed by atoms with Crippen molar-refractivity contribution in [1.29, 1.82) is 0 Å². The summed E-state index contributed by atoms with van der Waals surface area (Å²) in [6.45, 7) is 2.50. The number of rotatable bonds is 6. The average molecular weight is 348 g/mol. The summed E-state index contributed by atoms with van der Waals surface area (Å²) in [7, 11) is 1.50. The first-order valence-electron chi connectivity index (χ1n) is 7.84. The summed E-state index contributed by atoms with van der Waals surface area (Å²) >= 11 is 1.48. The number of nitrogens with one attached hydrogen (secondary N) is 1. The van der Waals surface area contributed by atoms with Crippen LogP contribution in [0, 0.1) is 5.92 Å². The number of ether oxygens (including phenoxy) is 2. The number of hydrogen-bond donors (Lipinski definition) is 2. The largest absolute Gasteiger partial charge is 0.496 e. The number of amides is 2. The zero-order valence-corrected chi connectivity index (χ0v) is 14.4. The van der Waals surface area contributed by atoms with Crippen molar-refractivity contribution < 1.29 is 19.1 Å². The van der Waals surface area contributed by atoms with Gasteiger partial charge in [-0.3, -0.25) is 9.59 Å². The van der Waals surface area contributed by atoms with Crippen LogP contribution in [0.25, 0.3) is 10.1 Å². The molecule has 7 heteroatoms. The van der Waals surface area contributed by atoms with Crippen LogP contribution < -0.4 is 20.5 Å². The molecule has 0 aliphatic carbocycles. The Morgan fingerprint density at radius 2 is 2.21 bits per heavy atom. The summed E-state index contributed by atoms with van der Waals surface area (Å²) in [5.41, 5.74) is 5.74. The molecular weight excluding hydrogens is 328 g/mol. The van der Waals surface area contributed by atoms with Crippen molar-refractivity contribution in [3.8, 4) is 11.5 Å². The molecule has 0 saturated carbocycles. The second-order valence-electron chi connectivity index (χ2n) is 5.87. The van der Waals surface area contributed by atoms with Crippen molar-refractivity contribution in [2.75, 3.05) is 13.7 Å². The molecule has 6 nitrogen and oxygen atoms in total. The fourth-order valence-corrected chi connectivity index (χ4v) is 3.96. The van der Waals surface area contributed by atoms with Crippen molar-refractivity contribution >= 4 is 33.2 Å². The van der Waals surface area contributed by atoms with E-state index in [-0.39, 0.29) is 11.9 Å². The van der Waals surface area contributed by atoms with Crippen molar-refractivity contribution in [2.45, 2.75) is 25.8 Å². The van der Waals surface area contributed by atoms with Crippen molar-refractivity contribution in [3.63, 3.8) is 0 Å². The van der Waals surface area contributed by atoms with Gasteiger partial charge < -0.3 is 20.5 Å². The first-order chi connectivity index (χ1) is 11.5. The van der Waals surface area contributed by atoms with E-state index in [9.17, 15) is 9.59 Å². The molecule has 1 aromatic heterocycles. The number of carbonyl (C=O) groups is 2. The maximum Gasteiger partial charge on any atom is 0.252 e. The van der Waals surface area contributed by atoms with Gasteiger partial charge in [0.15, 0.2) is 0 Å². The fourth-order valence-electron chi connectivity index (χ4n) is 3.05. The van der Waals surface area contributed by atoms with Crippen molar-refractivity contribution in [1.82, 2.24) is 5.32 Å². The molecule has 2 atom stereocenters. The van der Waals surface area contributed by atoms with E-state index in [4.69, 9.17) is 15.2 Å². The van der Waals surface area contributed by atoms with E-state index in [0.717, 1.165) is 22.3 Å². The van der Waals surface area contributed by atoms with Gasteiger partial charge in [-0.25, -0.2) is 0 Å². The quantitative estimate of drug-likeness (QED) is 0.838. The Labute approximate surface area is 143 Å². The van der Waals surface area contributed by atoms with Crippen LogP contribution in [-0.4, -0.2) is 31.6 Å². The second kappa shape index (κ2) is 6.68. The van der Waals surface area contributed by atoms with Crippen LogP contribution in [0.3, 0.4) is 0 Å². The number of fused-ring (bicyclic) bond motifs is 1. The van der Waals surface area contributed by atoms with Gasteiger partial charge in [-0.15, -0.1) is 11.3 Å². The molecule has 2 heterocycles. The SMILES string of the molecule is CC[C@@H]1CC(=O)N[C@@H]1COc1csc2cc(C(N)=O)c(OC)cc12. The minimum absolute atomic E-state index is 0.0317. The van der Waals surface area contributed by atoms with Gasteiger partial charge in [0.2, 0.25) is 5.91 Å². The Bertz CT molecular complexity index is 786. The molecule has 1 aliphatic heterocycles. The van der Waals surface area contributed by atoms with E-state index in [2.05, 4.69) is 12.2 Å². The van der Waals surface area contributed by atoms with Crippen LogP contribution in [0.5, 0.6) is 11.5 Å². The summed E-state index contributed by atoms with van der Waals surface area (Å²) in [5, 5.41) is 5.74. The van der Waals surface area contributed by atoms with Gasteiger partial charge in [0, 0.05) is 21.9 Å². The third-order valence-electron chi connectivity index (χ3n) is 4.43. The Kier molecular flexibility index (Phi) is 4.62. The Hall–Kier alpha value is -2.28. The Balaban J connectivity index is 1.83. The molecule has 1 aliphatic rings. The lowest BCUT2D eigenvalue weighted by Gasteiger charge is -2.17. The van der Waals surface area contributed by atoms with Crippen molar-refractivity contribution in [3.05, 3.63) is 23.1 Å².